The van der Waals surface area contributed by atoms with Gasteiger partial charge in [0.25, 0.3) is 5.56 Å². The van der Waals surface area contributed by atoms with Crippen LogP contribution in [0.3, 0.4) is 0 Å². The molecule has 0 saturated heterocycles. The molecule has 2 aromatic carbocycles. The number of H-pyrrole nitrogens is 1. The van der Waals surface area contributed by atoms with E-state index in [9.17, 15) is 13.2 Å². The lowest BCUT2D eigenvalue weighted by Gasteiger charge is -2.21. The Bertz CT molecular complexity index is 1490. The molecule has 184 valence electrons. The number of hydrogen-bond acceptors (Lipinski definition) is 4. The number of hydrogen-bond donors (Lipinski definition) is 2. The SMILES string of the molecule is CCCCc1nc2cc[nH]c(=O)c2n1Cc1ccc(-c2ccccc2S(=O)(=O)NC(C)(C)C)cc1. The van der Waals surface area contributed by atoms with Gasteiger partial charge in [-0.1, -0.05) is 55.8 Å². The van der Waals surface area contributed by atoms with Gasteiger partial charge in [-0.15, -0.1) is 0 Å². The standard InChI is InChI=1S/C27H32N4O3S/c1-5-6-11-24-29-22-16-17-28-26(32)25(22)31(24)18-19-12-14-20(15-13-19)21-9-7-8-10-23(21)35(33,34)30-27(2,3)4/h7-10,12-17,30H,5-6,11,18H2,1-4H3,(H,28,32). The fraction of sp³-hybridized carbons (Fsp3) is 0.333. The lowest BCUT2D eigenvalue weighted by molar-refractivity contribution is 0.491. The molecule has 0 radical (unpaired) electrons. The molecular weight excluding hydrogens is 460 g/mol. The van der Waals surface area contributed by atoms with Crippen molar-refractivity contribution in [3.63, 3.8) is 0 Å². The number of sulfonamides is 1. The summed E-state index contributed by atoms with van der Waals surface area (Å²) in [5, 5.41) is 0. The number of pyridine rings is 1. The molecule has 0 aliphatic rings. The van der Waals surface area contributed by atoms with E-state index < -0.39 is 15.6 Å². The second-order valence-corrected chi connectivity index (χ2v) is 11.5. The Morgan fingerprint density at radius 3 is 2.43 bits per heavy atom. The number of aromatic amines is 1. The highest BCUT2D eigenvalue weighted by Gasteiger charge is 2.24. The fourth-order valence-corrected chi connectivity index (χ4v) is 5.85. The van der Waals surface area contributed by atoms with E-state index in [1.807, 2.05) is 67.8 Å². The summed E-state index contributed by atoms with van der Waals surface area (Å²) in [6.07, 6.45) is 4.46. The van der Waals surface area contributed by atoms with E-state index in [4.69, 9.17) is 4.98 Å². The number of rotatable bonds is 8. The number of aryl methyl sites for hydroxylation is 1. The summed E-state index contributed by atoms with van der Waals surface area (Å²) in [6, 6.07) is 16.6. The van der Waals surface area contributed by atoms with E-state index in [2.05, 4.69) is 16.6 Å². The third-order valence-corrected chi connectivity index (χ3v) is 7.54. The van der Waals surface area contributed by atoms with Gasteiger partial charge in [-0.2, -0.15) is 0 Å². The van der Waals surface area contributed by atoms with Crippen molar-refractivity contribution in [2.75, 3.05) is 0 Å². The fourth-order valence-electron chi connectivity index (χ4n) is 4.21. The molecule has 0 atom stereocenters. The van der Waals surface area contributed by atoms with Gasteiger partial charge in [0, 0.05) is 30.3 Å². The lowest BCUT2D eigenvalue weighted by atomic mass is 10.0. The maximum absolute atomic E-state index is 13.0. The van der Waals surface area contributed by atoms with Crippen molar-refractivity contribution in [2.45, 2.75) is 63.9 Å². The van der Waals surface area contributed by atoms with Crippen molar-refractivity contribution in [1.29, 1.82) is 0 Å². The van der Waals surface area contributed by atoms with Crippen LogP contribution in [-0.2, 0) is 23.0 Å². The highest BCUT2D eigenvalue weighted by Crippen LogP contribution is 2.28. The molecule has 7 nitrogen and oxygen atoms in total. The van der Waals surface area contributed by atoms with Crippen LogP contribution in [0.1, 0.15) is 51.9 Å². The van der Waals surface area contributed by atoms with Crippen LogP contribution in [0.5, 0.6) is 0 Å². The van der Waals surface area contributed by atoms with Crippen LogP contribution in [0.2, 0.25) is 0 Å². The summed E-state index contributed by atoms with van der Waals surface area (Å²) in [6.45, 7) is 8.10. The van der Waals surface area contributed by atoms with Crippen molar-refractivity contribution in [1.82, 2.24) is 19.3 Å². The molecule has 4 rings (SSSR count). The van der Waals surface area contributed by atoms with Crippen LogP contribution in [-0.4, -0.2) is 28.5 Å². The zero-order valence-corrected chi connectivity index (χ0v) is 21.4. The van der Waals surface area contributed by atoms with Gasteiger partial charge in [0.05, 0.1) is 10.4 Å². The van der Waals surface area contributed by atoms with E-state index in [1.54, 1.807) is 18.3 Å². The zero-order valence-electron chi connectivity index (χ0n) is 20.6. The molecule has 0 unspecified atom stereocenters. The van der Waals surface area contributed by atoms with Gasteiger partial charge in [0.15, 0.2) is 0 Å². The number of unbranched alkanes of at least 4 members (excludes halogenated alkanes) is 1. The largest absolute Gasteiger partial charge is 0.327 e. The van der Waals surface area contributed by atoms with E-state index in [0.717, 1.165) is 36.2 Å². The highest BCUT2D eigenvalue weighted by atomic mass is 32.2. The summed E-state index contributed by atoms with van der Waals surface area (Å²) >= 11 is 0. The van der Waals surface area contributed by atoms with E-state index in [-0.39, 0.29) is 10.5 Å². The van der Waals surface area contributed by atoms with E-state index in [1.165, 1.54) is 0 Å². The molecule has 4 aromatic rings. The molecule has 0 saturated carbocycles. The topological polar surface area (TPSA) is 96.8 Å². The van der Waals surface area contributed by atoms with Crippen molar-refractivity contribution in [3.8, 4) is 11.1 Å². The Kier molecular flexibility index (Phi) is 6.96. The number of fused-ring (bicyclic) bond motifs is 1. The van der Waals surface area contributed by atoms with E-state index in [0.29, 0.717) is 23.1 Å². The third kappa shape index (κ3) is 5.55. The Hall–Kier alpha value is -3.23. The van der Waals surface area contributed by atoms with Gasteiger partial charge in [-0.05, 0) is 50.5 Å². The van der Waals surface area contributed by atoms with Crippen LogP contribution in [0.15, 0.2) is 70.5 Å². The first-order valence-electron chi connectivity index (χ1n) is 11.9. The van der Waals surface area contributed by atoms with Crippen molar-refractivity contribution in [3.05, 3.63) is 82.5 Å². The van der Waals surface area contributed by atoms with Crippen LogP contribution < -0.4 is 10.3 Å². The normalized spacial score (nSPS) is 12.3. The van der Waals surface area contributed by atoms with Gasteiger partial charge in [-0.3, -0.25) is 4.79 Å². The number of benzene rings is 2. The first-order chi connectivity index (χ1) is 16.6. The summed E-state index contributed by atoms with van der Waals surface area (Å²) in [7, 11) is -3.69. The Balaban J connectivity index is 1.69. The maximum atomic E-state index is 13.0. The minimum atomic E-state index is -3.69. The number of nitrogens with one attached hydrogen (secondary N) is 2. The van der Waals surface area contributed by atoms with Crippen LogP contribution in [0.25, 0.3) is 22.2 Å². The number of nitrogens with zero attached hydrogens (tertiary/aromatic N) is 2. The third-order valence-electron chi connectivity index (χ3n) is 5.72. The summed E-state index contributed by atoms with van der Waals surface area (Å²) < 4.78 is 30.8. The van der Waals surface area contributed by atoms with Crippen molar-refractivity contribution < 1.29 is 8.42 Å². The molecule has 0 fully saturated rings. The van der Waals surface area contributed by atoms with Gasteiger partial charge in [-0.25, -0.2) is 18.1 Å². The number of imidazole rings is 1. The minimum absolute atomic E-state index is 0.153. The Morgan fingerprint density at radius 2 is 1.74 bits per heavy atom. The second kappa shape index (κ2) is 9.79. The van der Waals surface area contributed by atoms with Gasteiger partial charge in [0.1, 0.15) is 11.3 Å². The highest BCUT2D eigenvalue weighted by molar-refractivity contribution is 7.89. The molecule has 2 aromatic heterocycles. The predicted octanol–water partition coefficient (Wildman–Crippen LogP) is 4.86. The maximum Gasteiger partial charge on any atom is 0.274 e. The second-order valence-electron chi connectivity index (χ2n) is 9.81. The average molecular weight is 493 g/mol. The van der Waals surface area contributed by atoms with Gasteiger partial charge >= 0.3 is 0 Å². The predicted molar refractivity (Wildman–Crippen MR) is 140 cm³/mol. The van der Waals surface area contributed by atoms with E-state index >= 15 is 0 Å². The lowest BCUT2D eigenvalue weighted by Crippen LogP contribution is -2.40. The molecule has 2 heterocycles. The molecule has 8 heteroatoms. The molecule has 2 N–H and O–H groups in total. The monoisotopic (exact) mass is 492 g/mol. The smallest absolute Gasteiger partial charge is 0.274 e. The number of aromatic nitrogens is 3. The molecule has 0 amide bonds. The average Bonchev–Trinajstić information content (AvgIpc) is 3.15. The summed E-state index contributed by atoms with van der Waals surface area (Å²) in [4.78, 5) is 20.3. The molecule has 0 bridgehead atoms. The first-order valence-corrected chi connectivity index (χ1v) is 13.4. The van der Waals surface area contributed by atoms with Gasteiger partial charge in [0.2, 0.25) is 10.0 Å². The van der Waals surface area contributed by atoms with Crippen molar-refractivity contribution in [2.24, 2.45) is 0 Å². The van der Waals surface area contributed by atoms with Crippen LogP contribution in [0, 0.1) is 0 Å². The Morgan fingerprint density at radius 1 is 1.03 bits per heavy atom. The molecular formula is C27H32N4O3S. The minimum Gasteiger partial charge on any atom is -0.327 e. The molecule has 0 spiro atoms. The summed E-state index contributed by atoms with van der Waals surface area (Å²) in [5.74, 6) is 0.896. The van der Waals surface area contributed by atoms with Crippen molar-refractivity contribution >= 4 is 21.1 Å². The van der Waals surface area contributed by atoms with Crippen LogP contribution in [0.4, 0.5) is 0 Å². The quantitative estimate of drug-likeness (QED) is 0.367. The summed E-state index contributed by atoms with van der Waals surface area (Å²) in [5.41, 5.74) is 2.99. The first kappa shape index (κ1) is 24.9. The molecule has 0 aliphatic carbocycles. The molecule has 35 heavy (non-hydrogen) atoms. The van der Waals surface area contributed by atoms with Crippen LogP contribution >= 0.6 is 0 Å². The van der Waals surface area contributed by atoms with Gasteiger partial charge < -0.3 is 9.55 Å². The molecule has 0 aliphatic heterocycles. The zero-order chi connectivity index (χ0) is 25.2. The Labute approximate surface area is 206 Å².